The van der Waals surface area contributed by atoms with Gasteiger partial charge in [0.2, 0.25) is 0 Å². The summed E-state index contributed by atoms with van der Waals surface area (Å²) in [5.74, 6) is -0.353. The van der Waals surface area contributed by atoms with Crippen molar-refractivity contribution in [3.05, 3.63) is 42.1 Å². The highest BCUT2D eigenvalue weighted by Gasteiger charge is 2.11. The van der Waals surface area contributed by atoms with Crippen molar-refractivity contribution in [2.75, 3.05) is 31.2 Å². The lowest BCUT2D eigenvalue weighted by atomic mass is 10.2. The van der Waals surface area contributed by atoms with Gasteiger partial charge < -0.3 is 15.0 Å². The predicted octanol–water partition coefficient (Wildman–Crippen LogP) is 2.46. The SMILES string of the molecule is CCOCCCNC(=O)/C(C#N)=C\N(CC)c1ccccc1. The number of rotatable bonds is 9. The third-order valence-corrected chi connectivity index (χ3v) is 3.03. The molecule has 5 nitrogen and oxygen atoms in total. The molecular formula is C17H23N3O2. The molecule has 0 aliphatic carbocycles. The van der Waals surface area contributed by atoms with E-state index in [0.29, 0.717) is 26.3 Å². The maximum Gasteiger partial charge on any atom is 0.263 e. The third-order valence-electron chi connectivity index (χ3n) is 3.03. The van der Waals surface area contributed by atoms with E-state index >= 15 is 0 Å². The molecule has 5 heteroatoms. The second kappa shape index (κ2) is 10.4. The van der Waals surface area contributed by atoms with Crippen molar-refractivity contribution in [3.63, 3.8) is 0 Å². The zero-order chi connectivity index (χ0) is 16.2. The lowest BCUT2D eigenvalue weighted by Gasteiger charge is -2.18. The minimum absolute atomic E-state index is 0.0992. The molecule has 0 saturated carbocycles. The summed E-state index contributed by atoms with van der Waals surface area (Å²) in [6.45, 7) is 6.34. The second-order valence-corrected chi connectivity index (χ2v) is 4.58. The molecule has 1 aromatic rings. The highest BCUT2D eigenvalue weighted by atomic mass is 16.5. The Morgan fingerprint density at radius 1 is 1.36 bits per heavy atom. The Kier molecular flexibility index (Phi) is 8.39. The van der Waals surface area contributed by atoms with E-state index in [9.17, 15) is 10.1 Å². The van der Waals surface area contributed by atoms with Crippen LogP contribution >= 0.6 is 0 Å². The van der Waals surface area contributed by atoms with Gasteiger partial charge in [0, 0.05) is 38.2 Å². The first kappa shape index (κ1) is 17.7. The summed E-state index contributed by atoms with van der Waals surface area (Å²) < 4.78 is 5.20. The van der Waals surface area contributed by atoms with Crippen LogP contribution in [0.5, 0.6) is 0 Å². The van der Waals surface area contributed by atoms with Gasteiger partial charge in [-0.3, -0.25) is 4.79 Å². The Morgan fingerprint density at radius 2 is 2.09 bits per heavy atom. The predicted molar refractivity (Wildman–Crippen MR) is 87.3 cm³/mol. The van der Waals surface area contributed by atoms with Crippen molar-refractivity contribution >= 4 is 11.6 Å². The van der Waals surface area contributed by atoms with Crippen LogP contribution in [-0.2, 0) is 9.53 Å². The van der Waals surface area contributed by atoms with Crippen molar-refractivity contribution in [1.82, 2.24) is 5.32 Å². The highest BCUT2D eigenvalue weighted by molar-refractivity contribution is 5.97. The molecule has 0 atom stereocenters. The summed E-state index contributed by atoms with van der Waals surface area (Å²) in [6, 6.07) is 11.6. The minimum Gasteiger partial charge on any atom is -0.382 e. The number of nitrogens with zero attached hydrogens (tertiary/aromatic N) is 2. The van der Waals surface area contributed by atoms with Gasteiger partial charge in [0.15, 0.2) is 0 Å². The topological polar surface area (TPSA) is 65.4 Å². The lowest BCUT2D eigenvalue weighted by molar-refractivity contribution is -0.117. The van der Waals surface area contributed by atoms with Crippen LogP contribution in [0.25, 0.3) is 0 Å². The van der Waals surface area contributed by atoms with E-state index in [1.807, 2.05) is 55.1 Å². The highest BCUT2D eigenvalue weighted by Crippen LogP contribution is 2.14. The Bertz CT molecular complexity index is 520. The maximum absolute atomic E-state index is 12.0. The fraction of sp³-hybridized carbons (Fsp3) is 0.412. The number of carbonyl (C=O) groups is 1. The van der Waals surface area contributed by atoms with Gasteiger partial charge in [-0.2, -0.15) is 5.26 Å². The first-order valence-electron chi connectivity index (χ1n) is 7.52. The minimum atomic E-state index is -0.353. The van der Waals surface area contributed by atoms with E-state index in [1.165, 1.54) is 0 Å². The average Bonchev–Trinajstić information content (AvgIpc) is 2.56. The van der Waals surface area contributed by atoms with E-state index in [1.54, 1.807) is 6.20 Å². The van der Waals surface area contributed by atoms with Crippen LogP contribution in [0.3, 0.4) is 0 Å². The van der Waals surface area contributed by atoms with E-state index in [0.717, 1.165) is 12.1 Å². The van der Waals surface area contributed by atoms with Crippen molar-refractivity contribution in [2.24, 2.45) is 0 Å². The van der Waals surface area contributed by atoms with Gasteiger partial charge >= 0.3 is 0 Å². The number of anilines is 1. The molecule has 0 aromatic heterocycles. The maximum atomic E-state index is 12.0. The molecule has 0 spiro atoms. The number of carbonyl (C=O) groups excluding carboxylic acids is 1. The summed E-state index contributed by atoms with van der Waals surface area (Å²) >= 11 is 0. The molecule has 1 aromatic carbocycles. The summed E-state index contributed by atoms with van der Waals surface area (Å²) in [4.78, 5) is 13.9. The Hall–Kier alpha value is -2.32. The molecule has 118 valence electrons. The monoisotopic (exact) mass is 301 g/mol. The summed E-state index contributed by atoms with van der Waals surface area (Å²) in [7, 11) is 0. The molecule has 0 saturated heterocycles. The number of hydrogen-bond donors (Lipinski definition) is 1. The van der Waals surface area contributed by atoms with Gasteiger partial charge in [0.05, 0.1) is 0 Å². The number of amides is 1. The van der Waals surface area contributed by atoms with Crippen LogP contribution in [0.15, 0.2) is 42.1 Å². The van der Waals surface area contributed by atoms with Crippen LogP contribution in [0.4, 0.5) is 5.69 Å². The third kappa shape index (κ3) is 5.98. The van der Waals surface area contributed by atoms with Crippen molar-refractivity contribution in [1.29, 1.82) is 5.26 Å². The molecular weight excluding hydrogens is 278 g/mol. The fourth-order valence-electron chi connectivity index (χ4n) is 1.88. The molecule has 1 amide bonds. The second-order valence-electron chi connectivity index (χ2n) is 4.58. The number of para-hydroxylation sites is 1. The number of nitrogens with one attached hydrogen (secondary N) is 1. The Balaban J connectivity index is 2.64. The molecule has 1 N–H and O–H groups in total. The van der Waals surface area contributed by atoms with E-state index in [2.05, 4.69) is 5.32 Å². The van der Waals surface area contributed by atoms with E-state index in [4.69, 9.17) is 4.74 Å². The molecule has 22 heavy (non-hydrogen) atoms. The standard InChI is InChI=1S/C17H23N3O2/c1-3-20(16-9-6-5-7-10-16)14-15(13-18)17(21)19-11-8-12-22-4-2/h5-7,9-10,14H,3-4,8,11-12H2,1-2H3,(H,19,21)/b15-14-. The quantitative estimate of drug-likeness (QED) is 0.432. The number of hydrogen-bond acceptors (Lipinski definition) is 4. The van der Waals surface area contributed by atoms with Gasteiger partial charge in [-0.05, 0) is 32.4 Å². The van der Waals surface area contributed by atoms with Gasteiger partial charge in [0.1, 0.15) is 11.6 Å². The zero-order valence-corrected chi connectivity index (χ0v) is 13.2. The molecule has 0 heterocycles. The fourth-order valence-corrected chi connectivity index (χ4v) is 1.88. The molecule has 0 bridgehead atoms. The van der Waals surface area contributed by atoms with Gasteiger partial charge in [0.25, 0.3) is 5.91 Å². The van der Waals surface area contributed by atoms with Crippen molar-refractivity contribution in [2.45, 2.75) is 20.3 Å². The largest absolute Gasteiger partial charge is 0.382 e. The molecule has 0 unspecified atom stereocenters. The first-order chi connectivity index (χ1) is 10.7. The normalized spacial score (nSPS) is 10.9. The molecule has 0 radical (unpaired) electrons. The number of nitriles is 1. The van der Waals surface area contributed by atoms with Gasteiger partial charge in [-0.1, -0.05) is 18.2 Å². The lowest BCUT2D eigenvalue weighted by Crippen LogP contribution is -2.28. The van der Waals surface area contributed by atoms with E-state index in [-0.39, 0.29) is 11.5 Å². The van der Waals surface area contributed by atoms with Crippen LogP contribution in [0.1, 0.15) is 20.3 Å². The summed E-state index contributed by atoms with van der Waals surface area (Å²) in [5, 5.41) is 11.9. The van der Waals surface area contributed by atoms with Crippen molar-refractivity contribution in [3.8, 4) is 6.07 Å². The van der Waals surface area contributed by atoms with Gasteiger partial charge in [-0.15, -0.1) is 0 Å². The smallest absolute Gasteiger partial charge is 0.263 e. The number of ether oxygens (including phenoxy) is 1. The van der Waals surface area contributed by atoms with E-state index < -0.39 is 0 Å². The molecule has 0 aliphatic heterocycles. The molecule has 1 rings (SSSR count). The van der Waals surface area contributed by atoms with Crippen LogP contribution < -0.4 is 10.2 Å². The Morgan fingerprint density at radius 3 is 2.68 bits per heavy atom. The van der Waals surface area contributed by atoms with Crippen molar-refractivity contribution < 1.29 is 9.53 Å². The Labute approximate surface area is 132 Å². The van der Waals surface area contributed by atoms with Crippen LogP contribution in [0, 0.1) is 11.3 Å². The molecule has 0 fully saturated rings. The zero-order valence-electron chi connectivity index (χ0n) is 13.2. The average molecular weight is 301 g/mol. The summed E-state index contributed by atoms with van der Waals surface area (Å²) in [5.41, 5.74) is 1.05. The van der Waals surface area contributed by atoms with Crippen LogP contribution in [-0.4, -0.2) is 32.2 Å². The van der Waals surface area contributed by atoms with Gasteiger partial charge in [-0.25, -0.2) is 0 Å². The molecule has 0 aliphatic rings. The number of benzene rings is 1. The summed E-state index contributed by atoms with van der Waals surface area (Å²) in [6.07, 6.45) is 2.32. The van der Waals surface area contributed by atoms with Crippen LogP contribution in [0.2, 0.25) is 0 Å². The first-order valence-corrected chi connectivity index (χ1v) is 7.52.